The van der Waals surface area contributed by atoms with Gasteiger partial charge in [-0.2, -0.15) is 0 Å². The minimum Gasteiger partial charge on any atom is -0.452 e. The number of benzene rings is 1. The van der Waals surface area contributed by atoms with Crippen molar-refractivity contribution in [2.45, 2.75) is 44.6 Å². The summed E-state index contributed by atoms with van der Waals surface area (Å²) < 4.78 is 6.11. The van der Waals surface area contributed by atoms with E-state index >= 15 is 0 Å². The summed E-state index contributed by atoms with van der Waals surface area (Å²) in [4.78, 5) is 26.3. The van der Waals surface area contributed by atoms with Gasteiger partial charge in [-0.3, -0.25) is 4.79 Å². The normalized spacial score (nSPS) is 23.3. The van der Waals surface area contributed by atoms with Crippen molar-refractivity contribution in [1.29, 1.82) is 0 Å². The van der Waals surface area contributed by atoms with Gasteiger partial charge >= 0.3 is 5.97 Å². The lowest BCUT2D eigenvalue weighted by atomic mass is 9.78. The molecule has 0 unspecified atom stereocenters. The number of likely N-dealkylation sites (tertiary alicyclic amines) is 1. The number of amides is 1. The Morgan fingerprint density at radius 2 is 2.00 bits per heavy atom. The molecule has 1 aliphatic heterocycles. The monoisotopic (exact) mass is 405 g/mol. The molecule has 0 N–H and O–H groups in total. The fourth-order valence-corrected chi connectivity index (χ4v) is 4.39. The molecule has 1 aromatic carbocycles. The third kappa shape index (κ3) is 4.94. The van der Waals surface area contributed by atoms with Gasteiger partial charge in [0.2, 0.25) is 0 Å². The summed E-state index contributed by atoms with van der Waals surface area (Å²) in [6.07, 6.45) is 10.1. The zero-order chi connectivity index (χ0) is 17.6. The summed E-state index contributed by atoms with van der Waals surface area (Å²) in [6, 6.07) is 7.98. The van der Waals surface area contributed by atoms with Crippen LogP contribution in [0.4, 0.5) is 0 Å². The van der Waals surface area contributed by atoms with E-state index in [1.54, 1.807) is 6.08 Å². The molecule has 1 heterocycles. The molecule has 1 amide bonds. The highest BCUT2D eigenvalue weighted by atomic mass is 79.9. The van der Waals surface area contributed by atoms with E-state index in [0.717, 1.165) is 29.4 Å². The zero-order valence-electron chi connectivity index (χ0n) is 14.3. The Balaban J connectivity index is 1.50. The summed E-state index contributed by atoms with van der Waals surface area (Å²) in [6.45, 7) is 0.635. The number of rotatable bonds is 4. The second-order valence-corrected chi connectivity index (χ2v) is 7.75. The van der Waals surface area contributed by atoms with Crippen LogP contribution in [0, 0.1) is 5.92 Å². The zero-order valence-corrected chi connectivity index (χ0v) is 15.9. The van der Waals surface area contributed by atoms with Crippen molar-refractivity contribution in [2.24, 2.45) is 5.92 Å². The quantitative estimate of drug-likeness (QED) is 0.557. The molecule has 1 aliphatic carbocycles. The number of piperidine rings is 1. The Kier molecular flexibility index (Phi) is 6.29. The van der Waals surface area contributed by atoms with Crippen molar-refractivity contribution in [2.75, 3.05) is 13.2 Å². The van der Waals surface area contributed by atoms with Crippen LogP contribution in [0.25, 0.3) is 6.08 Å². The molecule has 1 saturated heterocycles. The van der Waals surface area contributed by atoms with E-state index < -0.39 is 5.97 Å². The van der Waals surface area contributed by atoms with Crippen LogP contribution in [0.15, 0.2) is 34.8 Å². The molecule has 25 heavy (non-hydrogen) atoms. The van der Waals surface area contributed by atoms with Crippen LogP contribution in [-0.4, -0.2) is 36.0 Å². The van der Waals surface area contributed by atoms with Gasteiger partial charge in [0, 0.05) is 23.1 Å². The van der Waals surface area contributed by atoms with Crippen molar-refractivity contribution in [1.82, 2.24) is 4.90 Å². The largest absolute Gasteiger partial charge is 0.452 e. The summed E-state index contributed by atoms with van der Waals surface area (Å²) in [7, 11) is 0. The maximum atomic E-state index is 12.5. The van der Waals surface area contributed by atoms with Crippen molar-refractivity contribution >= 4 is 33.9 Å². The Morgan fingerprint density at radius 3 is 2.84 bits per heavy atom. The molecule has 2 atom stereocenters. The average molecular weight is 406 g/mol. The summed E-state index contributed by atoms with van der Waals surface area (Å²) in [5.41, 5.74) is 0.902. The Morgan fingerprint density at radius 1 is 1.20 bits per heavy atom. The molecular weight excluding hydrogens is 382 g/mol. The van der Waals surface area contributed by atoms with Gasteiger partial charge in [-0.05, 0) is 55.4 Å². The van der Waals surface area contributed by atoms with Gasteiger partial charge in [0.1, 0.15) is 0 Å². The van der Waals surface area contributed by atoms with Gasteiger partial charge in [-0.15, -0.1) is 0 Å². The minimum atomic E-state index is -0.481. The molecule has 5 heteroatoms. The number of fused-ring (bicyclic) bond motifs is 1. The van der Waals surface area contributed by atoms with Gasteiger partial charge in [-0.1, -0.05) is 40.9 Å². The molecule has 0 bridgehead atoms. The lowest BCUT2D eigenvalue weighted by Gasteiger charge is -2.44. The number of carbonyl (C=O) groups excluding carboxylic acids is 2. The van der Waals surface area contributed by atoms with E-state index in [4.69, 9.17) is 4.74 Å². The molecule has 0 radical (unpaired) electrons. The highest BCUT2D eigenvalue weighted by Gasteiger charge is 2.35. The first-order valence-electron chi connectivity index (χ1n) is 9.03. The molecule has 0 spiro atoms. The molecule has 4 nitrogen and oxygen atoms in total. The fraction of sp³-hybridized carbons (Fsp3) is 0.500. The highest BCUT2D eigenvalue weighted by molar-refractivity contribution is 9.10. The number of hydrogen-bond acceptors (Lipinski definition) is 3. The van der Waals surface area contributed by atoms with E-state index in [1.807, 2.05) is 29.2 Å². The summed E-state index contributed by atoms with van der Waals surface area (Å²) >= 11 is 3.39. The molecule has 0 aromatic heterocycles. The standard InChI is InChI=1S/C20H24BrNO3/c21-17-8-3-5-15(13-17)10-11-20(24)25-14-19(23)22-12-4-7-16-6-1-2-9-18(16)22/h3,5,8,10-11,13,16,18H,1-2,4,6-7,9,12,14H2/b11-10+/t16-,18+/m1/s1. The lowest BCUT2D eigenvalue weighted by molar-refractivity contribution is -0.151. The summed E-state index contributed by atoms with van der Waals surface area (Å²) in [5.74, 6) is 0.102. The average Bonchev–Trinajstić information content (AvgIpc) is 2.64. The van der Waals surface area contributed by atoms with Gasteiger partial charge in [-0.25, -0.2) is 4.79 Å². The van der Waals surface area contributed by atoms with Crippen LogP contribution in [0.2, 0.25) is 0 Å². The lowest BCUT2D eigenvalue weighted by Crippen LogP contribution is -2.50. The summed E-state index contributed by atoms with van der Waals surface area (Å²) in [5, 5.41) is 0. The van der Waals surface area contributed by atoms with Gasteiger partial charge in [0.15, 0.2) is 6.61 Å². The number of ether oxygens (including phenoxy) is 1. The van der Waals surface area contributed by atoms with Gasteiger partial charge in [0.25, 0.3) is 5.91 Å². The van der Waals surface area contributed by atoms with Crippen molar-refractivity contribution < 1.29 is 14.3 Å². The van der Waals surface area contributed by atoms with Crippen LogP contribution in [0.1, 0.15) is 44.1 Å². The number of nitrogens with zero attached hydrogens (tertiary/aromatic N) is 1. The second-order valence-electron chi connectivity index (χ2n) is 6.84. The molecule has 1 saturated carbocycles. The Hall–Kier alpha value is -1.62. The van der Waals surface area contributed by atoms with E-state index in [0.29, 0.717) is 12.0 Å². The smallest absolute Gasteiger partial charge is 0.331 e. The minimum absolute atomic E-state index is 0.0548. The molecule has 2 fully saturated rings. The molecule has 134 valence electrons. The predicted octanol–water partition coefficient (Wildman–Crippen LogP) is 4.19. The van der Waals surface area contributed by atoms with E-state index in [-0.39, 0.29) is 12.5 Å². The number of esters is 1. The van der Waals surface area contributed by atoms with E-state index in [2.05, 4.69) is 15.9 Å². The first-order chi connectivity index (χ1) is 12.1. The number of halogens is 1. The van der Waals surface area contributed by atoms with Crippen LogP contribution in [-0.2, 0) is 14.3 Å². The highest BCUT2D eigenvalue weighted by Crippen LogP contribution is 2.35. The van der Waals surface area contributed by atoms with Gasteiger partial charge < -0.3 is 9.64 Å². The molecule has 2 aliphatic rings. The molecule has 1 aromatic rings. The maximum Gasteiger partial charge on any atom is 0.331 e. The van der Waals surface area contributed by atoms with Crippen molar-refractivity contribution in [3.63, 3.8) is 0 Å². The third-order valence-electron chi connectivity index (χ3n) is 5.16. The van der Waals surface area contributed by atoms with Crippen molar-refractivity contribution in [3.05, 3.63) is 40.4 Å². The van der Waals surface area contributed by atoms with Crippen LogP contribution >= 0.6 is 15.9 Å². The van der Waals surface area contributed by atoms with E-state index in [9.17, 15) is 9.59 Å². The topological polar surface area (TPSA) is 46.6 Å². The molecular formula is C20H24BrNO3. The van der Waals surface area contributed by atoms with Crippen molar-refractivity contribution in [3.8, 4) is 0 Å². The molecule has 3 rings (SSSR count). The first kappa shape index (κ1) is 18.2. The maximum absolute atomic E-state index is 12.5. The van der Waals surface area contributed by atoms with E-state index in [1.165, 1.54) is 31.8 Å². The van der Waals surface area contributed by atoms with Crippen LogP contribution < -0.4 is 0 Å². The fourth-order valence-electron chi connectivity index (χ4n) is 3.97. The number of hydrogen-bond donors (Lipinski definition) is 0. The number of carbonyl (C=O) groups is 2. The first-order valence-corrected chi connectivity index (χ1v) is 9.82. The Bertz CT molecular complexity index is 656. The van der Waals surface area contributed by atoms with Gasteiger partial charge in [0.05, 0.1) is 0 Å². The second kappa shape index (κ2) is 8.65. The SMILES string of the molecule is O=C(/C=C/c1cccc(Br)c1)OCC(=O)N1CCC[C@H]2CCCC[C@@H]21. The predicted molar refractivity (Wildman–Crippen MR) is 101 cm³/mol. The third-order valence-corrected chi connectivity index (χ3v) is 5.66. The Labute approximate surface area is 157 Å². The van der Waals surface area contributed by atoms with Crippen LogP contribution in [0.3, 0.4) is 0 Å². The van der Waals surface area contributed by atoms with Crippen LogP contribution in [0.5, 0.6) is 0 Å².